The molecule has 2 fully saturated rings. The third-order valence-electron chi connectivity index (χ3n) is 6.61. The van der Waals surface area contributed by atoms with E-state index < -0.39 is 0 Å². The van der Waals surface area contributed by atoms with E-state index in [1.54, 1.807) is 13.2 Å². The largest absolute Gasteiger partial charge is 0.507 e. The van der Waals surface area contributed by atoms with Gasteiger partial charge in [-0.25, -0.2) is 0 Å². The SMILES string of the molecule is COc1cccc(O)c1-c1ccccc1P(C1CCCCC1)C1CCCCC1.Cl. The maximum absolute atomic E-state index is 10.7. The number of ether oxygens (including phenoxy) is 1. The summed E-state index contributed by atoms with van der Waals surface area (Å²) >= 11 is 0. The second kappa shape index (κ2) is 10.7. The van der Waals surface area contributed by atoms with Crippen LogP contribution >= 0.6 is 20.3 Å². The van der Waals surface area contributed by atoms with Gasteiger partial charge in [-0.1, -0.05) is 76.8 Å². The van der Waals surface area contributed by atoms with Crippen molar-refractivity contribution in [2.75, 3.05) is 7.11 Å². The predicted molar refractivity (Wildman–Crippen MR) is 128 cm³/mol. The van der Waals surface area contributed by atoms with E-state index in [0.29, 0.717) is 5.75 Å². The first-order chi connectivity index (χ1) is 13.8. The van der Waals surface area contributed by atoms with Crippen LogP contribution in [0.5, 0.6) is 11.5 Å². The number of hydrogen-bond donors (Lipinski definition) is 1. The van der Waals surface area contributed by atoms with Crippen LogP contribution in [0, 0.1) is 0 Å². The summed E-state index contributed by atoms with van der Waals surface area (Å²) < 4.78 is 5.65. The van der Waals surface area contributed by atoms with Gasteiger partial charge in [0, 0.05) is 0 Å². The first-order valence-electron chi connectivity index (χ1n) is 11.0. The number of aromatic hydroxyl groups is 1. The summed E-state index contributed by atoms with van der Waals surface area (Å²) in [5.74, 6) is 1.10. The van der Waals surface area contributed by atoms with Crippen LogP contribution < -0.4 is 10.0 Å². The lowest BCUT2D eigenvalue weighted by atomic mass is 9.99. The first kappa shape index (κ1) is 22.4. The van der Waals surface area contributed by atoms with Crippen molar-refractivity contribution in [3.63, 3.8) is 0 Å². The molecule has 4 rings (SSSR count). The second-order valence-corrected chi connectivity index (χ2v) is 11.1. The Morgan fingerprint density at radius 2 is 1.38 bits per heavy atom. The second-order valence-electron chi connectivity index (χ2n) is 8.36. The van der Waals surface area contributed by atoms with Crippen molar-refractivity contribution in [2.24, 2.45) is 0 Å². The van der Waals surface area contributed by atoms with Crippen LogP contribution in [0.4, 0.5) is 0 Å². The lowest BCUT2D eigenvalue weighted by Crippen LogP contribution is -2.27. The summed E-state index contributed by atoms with van der Waals surface area (Å²) in [6.45, 7) is 0. The molecule has 2 aromatic rings. The van der Waals surface area contributed by atoms with Crippen LogP contribution in [-0.4, -0.2) is 23.5 Å². The summed E-state index contributed by atoms with van der Waals surface area (Å²) in [6.07, 6.45) is 13.9. The quantitative estimate of drug-likeness (QED) is 0.503. The molecule has 0 unspecified atom stereocenters. The summed E-state index contributed by atoms with van der Waals surface area (Å²) in [7, 11) is 1.47. The van der Waals surface area contributed by atoms with Crippen LogP contribution in [0.15, 0.2) is 42.5 Å². The molecule has 2 aromatic carbocycles. The minimum atomic E-state index is -0.233. The normalized spacial score (nSPS) is 18.4. The van der Waals surface area contributed by atoms with E-state index in [9.17, 15) is 5.11 Å². The fourth-order valence-corrected chi connectivity index (χ4v) is 9.23. The molecule has 2 saturated carbocycles. The van der Waals surface area contributed by atoms with Gasteiger partial charge in [-0.15, -0.1) is 12.4 Å². The van der Waals surface area contributed by atoms with Gasteiger partial charge >= 0.3 is 0 Å². The predicted octanol–water partition coefficient (Wildman–Crippen LogP) is 7.26. The lowest BCUT2D eigenvalue weighted by molar-refractivity contribution is 0.410. The van der Waals surface area contributed by atoms with Gasteiger partial charge in [-0.2, -0.15) is 0 Å². The Hall–Kier alpha value is -1.24. The van der Waals surface area contributed by atoms with Crippen molar-refractivity contribution in [3.8, 4) is 22.6 Å². The minimum Gasteiger partial charge on any atom is -0.507 e. The molecule has 2 aliphatic carbocycles. The monoisotopic (exact) mass is 432 g/mol. The van der Waals surface area contributed by atoms with Gasteiger partial charge in [-0.05, 0) is 60.0 Å². The first-order valence-corrected chi connectivity index (χ1v) is 12.5. The van der Waals surface area contributed by atoms with Crippen molar-refractivity contribution in [1.82, 2.24) is 0 Å². The average Bonchev–Trinajstić information content (AvgIpc) is 2.76. The Labute approximate surface area is 183 Å². The molecule has 1 N–H and O–H groups in total. The van der Waals surface area contributed by atoms with E-state index in [0.717, 1.165) is 22.6 Å². The molecular weight excluding hydrogens is 399 g/mol. The van der Waals surface area contributed by atoms with E-state index in [1.807, 2.05) is 12.1 Å². The molecule has 0 aliphatic heterocycles. The van der Waals surface area contributed by atoms with Gasteiger partial charge < -0.3 is 9.84 Å². The molecule has 2 nitrogen and oxygen atoms in total. The molecule has 29 heavy (non-hydrogen) atoms. The fourth-order valence-electron chi connectivity index (χ4n) is 5.28. The Balaban J connectivity index is 0.00000240. The number of benzene rings is 2. The zero-order valence-electron chi connectivity index (χ0n) is 17.5. The molecule has 4 heteroatoms. The van der Waals surface area contributed by atoms with Gasteiger partial charge in [0.2, 0.25) is 0 Å². The summed E-state index contributed by atoms with van der Waals surface area (Å²) in [5, 5.41) is 12.2. The zero-order valence-corrected chi connectivity index (χ0v) is 19.2. The highest BCUT2D eigenvalue weighted by atomic mass is 35.5. The van der Waals surface area contributed by atoms with Gasteiger partial charge in [0.05, 0.1) is 12.7 Å². The highest BCUT2D eigenvalue weighted by Crippen LogP contribution is 2.56. The molecule has 158 valence electrons. The number of methoxy groups -OCH3 is 1. The Morgan fingerprint density at radius 3 is 1.97 bits per heavy atom. The van der Waals surface area contributed by atoms with Crippen LogP contribution in [-0.2, 0) is 0 Å². The van der Waals surface area contributed by atoms with Crippen molar-refractivity contribution >= 4 is 25.6 Å². The Bertz CT molecular complexity index is 764. The molecule has 0 aromatic heterocycles. The average molecular weight is 433 g/mol. The highest BCUT2D eigenvalue weighted by Gasteiger charge is 2.34. The third kappa shape index (κ3) is 4.92. The molecule has 0 radical (unpaired) electrons. The van der Waals surface area contributed by atoms with E-state index >= 15 is 0 Å². The van der Waals surface area contributed by atoms with Gasteiger partial charge in [0.25, 0.3) is 0 Å². The van der Waals surface area contributed by atoms with Gasteiger partial charge in [0.1, 0.15) is 11.5 Å². The maximum atomic E-state index is 10.7. The molecule has 0 bridgehead atoms. The summed E-state index contributed by atoms with van der Waals surface area (Å²) in [6, 6.07) is 14.5. The molecule has 2 aliphatic rings. The minimum absolute atomic E-state index is 0. The van der Waals surface area contributed by atoms with Crippen molar-refractivity contribution < 1.29 is 9.84 Å². The summed E-state index contributed by atoms with van der Waals surface area (Å²) in [4.78, 5) is 0. The number of hydrogen-bond acceptors (Lipinski definition) is 2. The van der Waals surface area contributed by atoms with Crippen LogP contribution in [0.25, 0.3) is 11.1 Å². The number of phenols is 1. The standard InChI is InChI=1S/C25H33O2P.ClH/c1-27-23-17-10-16-22(26)25(23)21-15-8-9-18-24(21)28(19-11-4-2-5-12-19)20-13-6-3-7-14-20;/h8-10,15-20,26H,2-7,11-14H2,1H3;1H. The smallest absolute Gasteiger partial charge is 0.130 e. The molecule has 0 saturated heterocycles. The number of rotatable bonds is 5. The maximum Gasteiger partial charge on any atom is 0.130 e. The number of halogens is 1. The zero-order chi connectivity index (χ0) is 19.3. The molecule has 0 spiro atoms. The topological polar surface area (TPSA) is 29.5 Å². The molecule has 0 atom stereocenters. The van der Waals surface area contributed by atoms with E-state index in [-0.39, 0.29) is 20.3 Å². The van der Waals surface area contributed by atoms with E-state index in [4.69, 9.17) is 4.74 Å². The summed E-state index contributed by atoms with van der Waals surface area (Å²) in [5.41, 5.74) is 3.74. The highest BCUT2D eigenvalue weighted by molar-refractivity contribution is 7.67. The van der Waals surface area contributed by atoms with E-state index in [1.165, 1.54) is 75.1 Å². The van der Waals surface area contributed by atoms with Crippen molar-refractivity contribution in [2.45, 2.75) is 75.5 Å². The Kier molecular flexibility index (Phi) is 8.27. The molecular formula is C25H34ClO2P. The third-order valence-corrected chi connectivity index (χ3v) is 10.2. The van der Waals surface area contributed by atoms with Gasteiger partial charge in [0.15, 0.2) is 0 Å². The van der Waals surface area contributed by atoms with Gasteiger partial charge in [-0.3, -0.25) is 0 Å². The lowest BCUT2D eigenvalue weighted by Gasteiger charge is -2.39. The Morgan fingerprint density at radius 1 is 0.793 bits per heavy atom. The van der Waals surface area contributed by atoms with Crippen molar-refractivity contribution in [1.29, 1.82) is 0 Å². The molecule has 0 amide bonds. The van der Waals surface area contributed by atoms with Crippen LogP contribution in [0.2, 0.25) is 0 Å². The van der Waals surface area contributed by atoms with Crippen LogP contribution in [0.3, 0.4) is 0 Å². The fraction of sp³-hybridized carbons (Fsp3) is 0.520. The van der Waals surface area contributed by atoms with Crippen LogP contribution in [0.1, 0.15) is 64.2 Å². The van der Waals surface area contributed by atoms with Crippen molar-refractivity contribution in [3.05, 3.63) is 42.5 Å². The molecule has 0 heterocycles. The van der Waals surface area contributed by atoms with E-state index in [2.05, 4.69) is 24.3 Å². The number of phenolic OH excluding ortho intramolecular Hbond substituents is 1.